The van der Waals surface area contributed by atoms with E-state index in [1.807, 2.05) is 4.90 Å². The van der Waals surface area contributed by atoms with Gasteiger partial charge in [0.25, 0.3) is 0 Å². The Balaban J connectivity index is 2.78. The molecule has 0 aliphatic carbocycles. The van der Waals surface area contributed by atoms with Gasteiger partial charge in [-0.1, -0.05) is 23.2 Å². The molecule has 3 nitrogen and oxygen atoms in total. The van der Waals surface area contributed by atoms with E-state index in [0.717, 1.165) is 19.4 Å². The van der Waals surface area contributed by atoms with Crippen molar-refractivity contribution in [1.29, 1.82) is 0 Å². The molecule has 0 bridgehead atoms. The molecular weight excluding hydrogens is 237 g/mol. The largest absolute Gasteiger partial charge is 0.480 e. The summed E-state index contributed by atoms with van der Waals surface area (Å²) in [6.45, 7) is 2.91. The topological polar surface area (TPSA) is 40.5 Å². The normalized spacial score (nSPS) is 29.1. The van der Waals surface area contributed by atoms with E-state index >= 15 is 0 Å². The molecule has 1 N–H and O–H groups in total. The number of aliphatic carboxylic acids is 1. The lowest BCUT2D eigenvalue weighted by Crippen LogP contribution is -2.55. The Hall–Kier alpha value is -0.250. The highest BCUT2D eigenvalue weighted by Crippen LogP contribution is 2.29. The van der Waals surface area contributed by atoms with Gasteiger partial charge in [-0.15, -0.1) is 0 Å². The van der Waals surface area contributed by atoms with Crippen LogP contribution in [0.4, 0.5) is 0 Å². The molecule has 1 atom stereocenters. The summed E-state index contributed by atoms with van der Waals surface area (Å²) < 4.78 is 0. The summed E-state index contributed by atoms with van der Waals surface area (Å²) >= 11 is 11.3. The van der Waals surface area contributed by atoms with E-state index in [1.54, 1.807) is 6.92 Å². The third-order valence-electron chi connectivity index (χ3n) is 2.96. The summed E-state index contributed by atoms with van der Waals surface area (Å²) in [5.74, 6) is -0.791. The molecule has 1 aliphatic heterocycles. The third kappa shape index (κ3) is 2.86. The molecule has 0 spiro atoms. The van der Waals surface area contributed by atoms with Gasteiger partial charge in [0.15, 0.2) is 0 Å². The fourth-order valence-electron chi connectivity index (χ4n) is 1.89. The lowest BCUT2D eigenvalue weighted by atomic mass is 9.88. The van der Waals surface area contributed by atoms with Crippen LogP contribution in [-0.4, -0.2) is 34.6 Å². The van der Waals surface area contributed by atoms with Gasteiger partial charge in [-0.2, -0.15) is 0 Å². The Labute approximate surface area is 99.7 Å². The van der Waals surface area contributed by atoms with Crippen LogP contribution < -0.4 is 0 Å². The number of hydrogen-bond donors (Lipinski definition) is 1. The number of carboxylic acid groups (broad SMARTS) is 1. The Morgan fingerprint density at radius 1 is 1.60 bits per heavy atom. The van der Waals surface area contributed by atoms with Crippen LogP contribution in [0.2, 0.25) is 0 Å². The van der Waals surface area contributed by atoms with Gasteiger partial charge in [0, 0.05) is 17.1 Å². The van der Waals surface area contributed by atoms with Crippen LogP contribution in [0.15, 0.2) is 10.6 Å². The first-order chi connectivity index (χ1) is 7.00. The van der Waals surface area contributed by atoms with E-state index in [-0.39, 0.29) is 0 Å². The predicted octanol–water partition coefficient (Wildman–Crippen LogP) is 2.63. The average Bonchev–Trinajstić information content (AvgIpc) is 2.21. The van der Waals surface area contributed by atoms with Gasteiger partial charge in [0.1, 0.15) is 5.54 Å². The number of nitrogens with zero attached hydrogens (tertiary/aromatic N) is 1. The molecule has 1 saturated heterocycles. The number of halogens is 2. The first-order valence-corrected chi connectivity index (χ1v) is 5.75. The molecule has 86 valence electrons. The number of piperidine rings is 1. The highest BCUT2D eigenvalue weighted by Gasteiger charge is 2.41. The van der Waals surface area contributed by atoms with Crippen LogP contribution >= 0.6 is 23.2 Å². The third-order valence-corrected chi connectivity index (χ3v) is 3.56. The molecule has 1 rings (SSSR count). The van der Waals surface area contributed by atoms with Crippen LogP contribution in [0.3, 0.4) is 0 Å². The molecular formula is C10H15Cl2NO2. The predicted molar refractivity (Wildman–Crippen MR) is 61.3 cm³/mol. The maximum Gasteiger partial charge on any atom is 0.323 e. The smallest absolute Gasteiger partial charge is 0.323 e. The Morgan fingerprint density at radius 2 is 2.27 bits per heavy atom. The van der Waals surface area contributed by atoms with Crippen molar-refractivity contribution in [2.45, 2.75) is 31.7 Å². The Kier molecular flexibility index (Phi) is 4.44. The number of likely N-dealkylation sites (tertiary alicyclic amines) is 1. The summed E-state index contributed by atoms with van der Waals surface area (Å²) in [4.78, 5) is 13.1. The highest BCUT2D eigenvalue weighted by atomic mass is 35.5. The molecule has 0 aromatic heterocycles. The van der Waals surface area contributed by atoms with Gasteiger partial charge in [-0.25, -0.2) is 0 Å². The van der Waals surface area contributed by atoms with E-state index in [1.165, 1.54) is 5.54 Å². The van der Waals surface area contributed by atoms with Gasteiger partial charge in [-0.05, 0) is 32.7 Å². The standard InChI is InChI=1S/C10H15Cl2NO2/c1-10(9(14)15)4-2-3-5-13(10)7-8(12)6-11/h6H,2-5,7H2,1H3,(H,14,15). The molecule has 1 heterocycles. The number of rotatable bonds is 3. The quantitative estimate of drug-likeness (QED) is 0.839. The van der Waals surface area contributed by atoms with E-state index in [2.05, 4.69) is 0 Å². The molecule has 0 aromatic rings. The zero-order valence-corrected chi connectivity index (χ0v) is 10.2. The Bertz CT molecular complexity index is 281. The van der Waals surface area contributed by atoms with Gasteiger partial charge < -0.3 is 5.11 Å². The van der Waals surface area contributed by atoms with Crippen LogP contribution in [0.5, 0.6) is 0 Å². The number of carboxylic acids is 1. The van der Waals surface area contributed by atoms with E-state index in [9.17, 15) is 9.90 Å². The minimum atomic E-state index is -0.807. The van der Waals surface area contributed by atoms with Crippen LogP contribution in [0, 0.1) is 0 Å². The van der Waals surface area contributed by atoms with Crippen molar-refractivity contribution in [2.24, 2.45) is 0 Å². The molecule has 0 aromatic carbocycles. The highest BCUT2D eigenvalue weighted by molar-refractivity contribution is 6.36. The number of carbonyl (C=O) groups is 1. The van der Waals surface area contributed by atoms with E-state index < -0.39 is 11.5 Å². The molecule has 0 saturated carbocycles. The second-order valence-corrected chi connectivity index (χ2v) is 4.72. The fourth-order valence-corrected chi connectivity index (χ4v) is 2.10. The van der Waals surface area contributed by atoms with Crippen molar-refractivity contribution in [3.63, 3.8) is 0 Å². The monoisotopic (exact) mass is 251 g/mol. The van der Waals surface area contributed by atoms with E-state index in [0.29, 0.717) is 18.0 Å². The van der Waals surface area contributed by atoms with Gasteiger partial charge in [0.05, 0.1) is 0 Å². The van der Waals surface area contributed by atoms with Gasteiger partial charge in [0.2, 0.25) is 0 Å². The van der Waals surface area contributed by atoms with Crippen molar-refractivity contribution in [2.75, 3.05) is 13.1 Å². The molecule has 1 fully saturated rings. The lowest BCUT2D eigenvalue weighted by Gasteiger charge is -2.41. The first kappa shape index (κ1) is 12.8. The van der Waals surface area contributed by atoms with Gasteiger partial charge in [-0.3, -0.25) is 9.69 Å². The minimum absolute atomic E-state index is 0.411. The van der Waals surface area contributed by atoms with Crippen molar-refractivity contribution in [3.05, 3.63) is 10.6 Å². The molecule has 1 unspecified atom stereocenters. The zero-order valence-electron chi connectivity index (χ0n) is 8.67. The molecule has 0 radical (unpaired) electrons. The second-order valence-electron chi connectivity index (χ2n) is 4.01. The summed E-state index contributed by atoms with van der Waals surface area (Å²) in [5.41, 5.74) is 0.483. The van der Waals surface area contributed by atoms with Crippen molar-refractivity contribution < 1.29 is 9.90 Å². The van der Waals surface area contributed by atoms with Crippen LogP contribution in [-0.2, 0) is 4.79 Å². The van der Waals surface area contributed by atoms with Crippen LogP contribution in [0.25, 0.3) is 0 Å². The number of hydrogen-bond acceptors (Lipinski definition) is 2. The molecule has 0 amide bonds. The summed E-state index contributed by atoms with van der Waals surface area (Å²) in [6, 6.07) is 0. The summed E-state index contributed by atoms with van der Waals surface area (Å²) in [7, 11) is 0. The lowest BCUT2D eigenvalue weighted by molar-refractivity contribution is -0.152. The SMILES string of the molecule is CC1(C(=O)O)CCCCN1CC(Cl)=CCl. The second kappa shape index (κ2) is 5.19. The average molecular weight is 252 g/mol. The molecule has 15 heavy (non-hydrogen) atoms. The van der Waals surface area contributed by atoms with Crippen molar-refractivity contribution >= 4 is 29.2 Å². The summed E-state index contributed by atoms with van der Waals surface area (Å²) in [5, 5.41) is 9.69. The molecule has 1 aliphatic rings. The summed E-state index contributed by atoms with van der Waals surface area (Å²) in [6.07, 6.45) is 2.62. The molecule has 5 heteroatoms. The maximum atomic E-state index is 11.2. The zero-order chi connectivity index (χ0) is 11.5. The van der Waals surface area contributed by atoms with Crippen molar-refractivity contribution in [3.8, 4) is 0 Å². The van der Waals surface area contributed by atoms with Crippen molar-refractivity contribution in [1.82, 2.24) is 4.90 Å². The van der Waals surface area contributed by atoms with Gasteiger partial charge >= 0.3 is 5.97 Å². The van der Waals surface area contributed by atoms with E-state index in [4.69, 9.17) is 23.2 Å². The Morgan fingerprint density at radius 3 is 2.80 bits per heavy atom. The first-order valence-electron chi connectivity index (χ1n) is 4.94. The minimum Gasteiger partial charge on any atom is -0.480 e. The maximum absolute atomic E-state index is 11.2. The fraction of sp³-hybridized carbons (Fsp3) is 0.700. The van der Waals surface area contributed by atoms with Crippen LogP contribution in [0.1, 0.15) is 26.2 Å².